The highest BCUT2D eigenvalue weighted by atomic mass is 32.1. The zero-order valence-electron chi connectivity index (χ0n) is 32.5. The van der Waals surface area contributed by atoms with Crippen LogP contribution in [0.25, 0.3) is 41.8 Å². The number of nitrogens with zero attached hydrogens (tertiary/aromatic N) is 2. The molecule has 0 spiro atoms. The molecule has 2 saturated heterocycles. The molecule has 0 bridgehead atoms. The molecule has 2 aliphatic heterocycles. The number of carboxylic acids is 1. The van der Waals surface area contributed by atoms with Gasteiger partial charge >= 0.3 is 5.97 Å². The van der Waals surface area contributed by atoms with Gasteiger partial charge in [-0.05, 0) is 62.1 Å². The standard InChI is InChI=1S/C20H25N3O2SSi.C13H10N2O3S.C7H17NSi/c1-25-16-7-5-4-6-14(16)20-23-18-17(26-20)12-15(22-18)19(24)21-13-8-10-27(2,3)11-9-13;1-18-9-5-3-2-4-7(9)12-15-11-10(19-12)6-8(14-11)13(16)17;1-9(2)5-3-7(8)4-6-9/h4-7,12-13,22H,8-11H2,1-3H3,(H,21,24);2-6,14H,1H3,(H,16,17);7H,3-6,8H2,1-2H3. The molecule has 8 rings (SSSR count). The number of amides is 1. The number of benzene rings is 2. The van der Waals surface area contributed by atoms with E-state index in [1.165, 1.54) is 48.4 Å². The predicted octanol–water partition coefficient (Wildman–Crippen LogP) is 9.71. The van der Waals surface area contributed by atoms with Crippen LogP contribution in [0.3, 0.4) is 0 Å². The molecule has 15 heteroatoms. The Morgan fingerprint density at radius 2 is 1.18 bits per heavy atom. The van der Waals surface area contributed by atoms with E-state index in [1.807, 2.05) is 54.6 Å². The van der Waals surface area contributed by atoms with Crippen LogP contribution in [0, 0.1) is 0 Å². The molecular formula is C40H52N6O5S2Si2. The second-order valence-electron chi connectivity index (χ2n) is 15.9. The number of hydrogen-bond donors (Lipinski definition) is 5. The topological polar surface area (TPSA) is 168 Å². The Morgan fingerprint density at radius 3 is 1.62 bits per heavy atom. The summed E-state index contributed by atoms with van der Waals surface area (Å²) < 4.78 is 12.5. The van der Waals surface area contributed by atoms with Crippen molar-refractivity contribution in [2.45, 2.75) is 88.1 Å². The van der Waals surface area contributed by atoms with Crippen LogP contribution < -0.4 is 20.5 Å². The van der Waals surface area contributed by atoms with E-state index in [9.17, 15) is 9.59 Å². The third-order valence-corrected chi connectivity index (χ3v) is 19.2. The number of carbonyl (C=O) groups excluding carboxylic acids is 1. The lowest BCUT2D eigenvalue weighted by Gasteiger charge is -2.33. The lowest BCUT2D eigenvalue weighted by atomic mass is 10.1. The molecule has 2 aliphatic rings. The fourth-order valence-corrected chi connectivity index (χ4v) is 14.0. The van der Waals surface area contributed by atoms with Gasteiger partial charge in [-0.25, -0.2) is 14.8 Å². The molecule has 6 heterocycles. The number of aromatic carboxylic acids is 1. The molecule has 55 heavy (non-hydrogen) atoms. The van der Waals surface area contributed by atoms with Crippen LogP contribution in [0.1, 0.15) is 46.7 Å². The van der Waals surface area contributed by atoms with E-state index in [-0.39, 0.29) is 11.6 Å². The number of carbonyl (C=O) groups is 2. The summed E-state index contributed by atoms with van der Waals surface area (Å²) >= 11 is 3.00. The number of ether oxygens (including phenoxy) is 2. The first-order chi connectivity index (χ1) is 26.2. The number of H-pyrrole nitrogens is 2. The second kappa shape index (κ2) is 17.2. The van der Waals surface area contributed by atoms with Gasteiger partial charge in [0, 0.05) is 28.2 Å². The number of aromatic nitrogens is 4. The quantitative estimate of drug-likeness (QED) is 0.0993. The number of nitrogens with two attached hydrogens (primary N) is 1. The highest BCUT2D eigenvalue weighted by Crippen LogP contribution is 2.37. The zero-order chi connectivity index (χ0) is 39.3. The van der Waals surface area contributed by atoms with Gasteiger partial charge in [-0.15, -0.1) is 22.7 Å². The molecule has 0 radical (unpaired) electrons. The molecule has 6 aromatic rings. The van der Waals surface area contributed by atoms with Gasteiger partial charge in [0.05, 0.1) is 34.7 Å². The smallest absolute Gasteiger partial charge is 0.352 e. The number of thiazole rings is 2. The second-order valence-corrected chi connectivity index (χ2v) is 28.7. The summed E-state index contributed by atoms with van der Waals surface area (Å²) in [4.78, 5) is 38.5. The Labute approximate surface area is 332 Å². The Bertz CT molecular complexity index is 2180. The maximum atomic E-state index is 12.6. The number of fused-ring (bicyclic) bond motifs is 2. The Hall–Kier alpha value is -4.29. The third-order valence-electron chi connectivity index (χ3n) is 10.6. The van der Waals surface area contributed by atoms with E-state index in [1.54, 1.807) is 31.6 Å². The summed E-state index contributed by atoms with van der Waals surface area (Å²) in [6, 6.07) is 25.3. The van der Waals surface area contributed by atoms with Crippen molar-refractivity contribution in [3.63, 3.8) is 0 Å². The lowest BCUT2D eigenvalue weighted by Crippen LogP contribution is -2.42. The minimum absolute atomic E-state index is 0.0228. The summed E-state index contributed by atoms with van der Waals surface area (Å²) in [6.07, 6.45) is 4.80. The van der Waals surface area contributed by atoms with Gasteiger partial charge < -0.3 is 35.6 Å². The summed E-state index contributed by atoms with van der Waals surface area (Å²) in [5, 5.41) is 13.8. The fourth-order valence-electron chi connectivity index (χ4n) is 6.97. The minimum atomic E-state index is -1.00. The van der Waals surface area contributed by atoms with Crippen LogP contribution in [-0.4, -0.2) is 79.4 Å². The van der Waals surface area contributed by atoms with Crippen molar-refractivity contribution >= 4 is 71.4 Å². The molecule has 6 N–H and O–H groups in total. The number of rotatable bonds is 7. The van der Waals surface area contributed by atoms with Crippen molar-refractivity contribution in [1.29, 1.82) is 0 Å². The van der Waals surface area contributed by atoms with Crippen LogP contribution in [0.2, 0.25) is 50.4 Å². The molecule has 292 valence electrons. The van der Waals surface area contributed by atoms with Crippen molar-refractivity contribution in [1.82, 2.24) is 25.3 Å². The Kier molecular flexibility index (Phi) is 12.7. The highest BCUT2D eigenvalue weighted by molar-refractivity contribution is 7.22. The summed E-state index contributed by atoms with van der Waals surface area (Å²) in [5.74, 6) is 0.544. The van der Waals surface area contributed by atoms with Gasteiger partial charge in [-0.1, -0.05) is 74.6 Å². The maximum absolute atomic E-state index is 12.6. The molecule has 0 unspecified atom stereocenters. The summed E-state index contributed by atoms with van der Waals surface area (Å²) in [7, 11) is 1.56. The van der Waals surface area contributed by atoms with Crippen LogP contribution in [0.4, 0.5) is 0 Å². The number of carboxylic acid groups (broad SMARTS) is 1. The molecule has 2 aromatic carbocycles. The number of nitrogens with one attached hydrogen (secondary N) is 3. The SMILES string of the molecule is COc1ccccc1-c1nc2[nH]c(C(=O)NC3CC[Si](C)(C)CC3)cc2s1.COc1ccccc1-c1nc2[nH]c(C(=O)O)cc2s1.C[Si]1(C)CCC(N)CC1. The molecule has 1 amide bonds. The predicted molar refractivity (Wildman–Crippen MR) is 231 cm³/mol. The largest absolute Gasteiger partial charge is 0.496 e. The molecular weight excluding hydrogens is 765 g/mol. The van der Waals surface area contributed by atoms with Crippen LogP contribution in [0.15, 0.2) is 60.7 Å². The van der Waals surface area contributed by atoms with E-state index in [0.29, 0.717) is 23.4 Å². The van der Waals surface area contributed by atoms with Gasteiger partial charge in [-0.2, -0.15) is 0 Å². The van der Waals surface area contributed by atoms with E-state index < -0.39 is 22.1 Å². The van der Waals surface area contributed by atoms with Gasteiger partial charge in [0.2, 0.25) is 0 Å². The number of hydrogen-bond acceptors (Lipinski definition) is 9. The minimum Gasteiger partial charge on any atom is -0.496 e. The zero-order valence-corrected chi connectivity index (χ0v) is 36.1. The normalized spacial score (nSPS) is 16.8. The van der Waals surface area contributed by atoms with E-state index >= 15 is 0 Å². The molecule has 2 fully saturated rings. The monoisotopic (exact) mass is 816 g/mol. The maximum Gasteiger partial charge on any atom is 0.352 e. The van der Waals surface area contributed by atoms with Gasteiger partial charge in [0.1, 0.15) is 44.2 Å². The summed E-state index contributed by atoms with van der Waals surface area (Å²) in [6.45, 7) is 9.82. The number of para-hydroxylation sites is 2. The number of aromatic amines is 2. The molecule has 4 aromatic heterocycles. The van der Waals surface area contributed by atoms with Crippen LogP contribution >= 0.6 is 22.7 Å². The van der Waals surface area contributed by atoms with E-state index in [0.717, 1.165) is 60.5 Å². The van der Waals surface area contributed by atoms with Crippen molar-refractivity contribution in [3.05, 3.63) is 72.1 Å². The first-order valence-electron chi connectivity index (χ1n) is 18.8. The van der Waals surface area contributed by atoms with E-state index in [4.69, 9.17) is 20.3 Å². The van der Waals surface area contributed by atoms with Gasteiger partial charge in [0.25, 0.3) is 5.91 Å². The molecule has 0 aliphatic carbocycles. The van der Waals surface area contributed by atoms with E-state index in [2.05, 4.69) is 51.4 Å². The molecule has 11 nitrogen and oxygen atoms in total. The van der Waals surface area contributed by atoms with Gasteiger partial charge in [-0.3, -0.25) is 4.79 Å². The Balaban J connectivity index is 0.000000159. The lowest BCUT2D eigenvalue weighted by molar-refractivity contribution is 0.0691. The van der Waals surface area contributed by atoms with Crippen molar-refractivity contribution in [3.8, 4) is 32.6 Å². The number of methoxy groups -OCH3 is 2. The third kappa shape index (κ3) is 10.1. The fraction of sp³-hybridized carbons (Fsp3) is 0.400. The first kappa shape index (κ1) is 40.4. The van der Waals surface area contributed by atoms with Crippen molar-refractivity contribution in [2.24, 2.45) is 5.73 Å². The van der Waals surface area contributed by atoms with Crippen LogP contribution in [0.5, 0.6) is 11.5 Å². The molecule has 0 saturated carbocycles. The average Bonchev–Trinajstić information content (AvgIpc) is 3.95. The average molecular weight is 817 g/mol. The summed E-state index contributed by atoms with van der Waals surface area (Å²) in [5.41, 5.74) is 9.73. The first-order valence-corrected chi connectivity index (χ1v) is 27.3. The van der Waals surface area contributed by atoms with Crippen molar-refractivity contribution in [2.75, 3.05) is 14.2 Å². The van der Waals surface area contributed by atoms with Crippen LogP contribution in [-0.2, 0) is 0 Å². The van der Waals surface area contributed by atoms with Crippen molar-refractivity contribution < 1.29 is 24.2 Å². The molecule has 0 atom stereocenters. The Morgan fingerprint density at radius 1 is 0.745 bits per heavy atom. The highest BCUT2D eigenvalue weighted by Gasteiger charge is 2.30. The van der Waals surface area contributed by atoms with Gasteiger partial charge in [0.15, 0.2) is 0 Å².